The van der Waals surface area contributed by atoms with Gasteiger partial charge in [0.1, 0.15) is 12.2 Å². The molecule has 5 nitrogen and oxygen atoms in total. The highest BCUT2D eigenvalue weighted by atomic mass is 28.3. The predicted molar refractivity (Wildman–Crippen MR) is 76.0 cm³/mol. The number of anilines is 1. The van der Waals surface area contributed by atoms with E-state index in [9.17, 15) is 0 Å². The van der Waals surface area contributed by atoms with E-state index in [1.165, 1.54) is 6.04 Å². The molecule has 2 heterocycles. The fourth-order valence-corrected chi connectivity index (χ4v) is 2.36. The second-order valence-corrected chi connectivity index (χ2v) is 11.3. The summed E-state index contributed by atoms with van der Waals surface area (Å²) in [6.07, 6.45) is 3.38. The largest absolute Gasteiger partial charge is 0.397 e. The number of fused-ring (bicyclic) bond motifs is 1. The summed E-state index contributed by atoms with van der Waals surface area (Å²) in [6, 6.07) is 2.99. The minimum atomic E-state index is -1.02. The van der Waals surface area contributed by atoms with Gasteiger partial charge < -0.3 is 10.5 Å². The molecule has 98 valence electrons. The second kappa shape index (κ2) is 5.07. The Balaban J connectivity index is 1.96. The molecule has 2 N–H and O–H groups in total. The van der Waals surface area contributed by atoms with Crippen molar-refractivity contribution in [3.05, 3.63) is 18.6 Å². The number of pyridine rings is 1. The topological polar surface area (TPSA) is 66.0 Å². The van der Waals surface area contributed by atoms with E-state index in [4.69, 9.17) is 10.5 Å². The molecule has 0 aliphatic carbocycles. The van der Waals surface area contributed by atoms with Crippen LogP contribution in [0, 0.1) is 0 Å². The van der Waals surface area contributed by atoms with Crippen LogP contribution in [0.15, 0.2) is 18.6 Å². The smallest absolute Gasteiger partial charge is 0.161 e. The van der Waals surface area contributed by atoms with Crippen molar-refractivity contribution in [3.8, 4) is 0 Å². The summed E-state index contributed by atoms with van der Waals surface area (Å²) >= 11 is 0. The van der Waals surface area contributed by atoms with Crippen molar-refractivity contribution in [3.63, 3.8) is 0 Å². The fraction of sp³-hybridized carbons (Fsp3) is 0.500. The molecule has 2 aromatic heterocycles. The lowest BCUT2D eigenvalue weighted by Gasteiger charge is -2.15. The molecule has 0 radical (unpaired) electrons. The minimum Gasteiger partial charge on any atom is -0.397 e. The Morgan fingerprint density at radius 3 is 2.83 bits per heavy atom. The maximum atomic E-state index is 5.68. The van der Waals surface area contributed by atoms with E-state index >= 15 is 0 Å². The number of hydrogen-bond donors (Lipinski definition) is 1. The third-order valence-corrected chi connectivity index (χ3v) is 4.41. The van der Waals surface area contributed by atoms with Crippen molar-refractivity contribution in [2.24, 2.45) is 0 Å². The van der Waals surface area contributed by atoms with E-state index < -0.39 is 8.07 Å². The lowest BCUT2D eigenvalue weighted by Crippen LogP contribution is -2.22. The average Bonchev–Trinajstić information content (AvgIpc) is 2.65. The molecule has 0 aromatic carbocycles. The van der Waals surface area contributed by atoms with Crippen LogP contribution < -0.4 is 5.73 Å². The van der Waals surface area contributed by atoms with Gasteiger partial charge in [-0.1, -0.05) is 19.6 Å². The number of imidazole rings is 1. The van der Waals surface area contributed by atoms with E-state index in [-0.39, 0.29) is 0 Å². The molecule has 0 saturated heterocycles. The number of hydrogen-bond acceptors (Lipinski definition) is 4. The van der Waals surface area contributed by atoms with Crippen molar-refractivity contribution in [1.82, 2.24) is 14.5 Å². The molecule has 0 aliphatic heterocycles. The van der Waals surface area contributed by atoms with Crippen molar-refractivity contribution in [2.45, 2.75) is 32.4 Å². The zero-order valence-electron chi connectivity index (χ0n) is 11.2. The second-order valence-electron chi connectivity index (χ2n) is 5.67. The fourth-order valence-electron chi connectivity index (χ4n) is 1.60. The average molecular weight is 264 g/mol. The van der Waals surface area contributed by atoms with E-state index in [0.717, 1.165) is 17.8 Å². The van der Waals surface area contributed by atoms with Crippen LogP contribution in [-0.2, 0) is 11.5 Å². The molecule has 0 spiro atoms. The van der Waals surface area contributed by atoms with Crippen LogP contribution in [0.4, 0.5) is 5.69 Å². The van der Waals surface area contributed by atoms with Gasteiger partial charge in [0.15, 0.2) is 5.65 Å². The molecule has 2 aromatic rings. The predicted octanol–water partition coefficient (Wildman–Crippen LogP) is 2.33. The maximum absolute atomic E-state index is 5.68. The van der Waals surface area contributed by atoms with E-state index in [0.29, 0.717) is 12.4 Å². The molecule has 0 amide bonds. The van der Waals surface area contributed by atoms with Crippen LogP contribution in [0.5, 0.6) is 0 Å². The summed E-state index contributed by atoms with van der Waals surface area (Å²) in [6.45, 7) is 8.32. The van der Waals surface area contributed by atoms with Crippen molar-refractivity contribution >= 4 is 24.9 Å². The van der Waals surface area contributed by atoms with Gasteiger partial charge in [-0.15, -0.1) is 0 Å². The standard InChI is InChI=1S/C12H20N4OSi/c1-18(2,3)5-4-17-9-16-8-15-11-6-10(13)7-14-12(11)16/h6-8H,4-5,9,13H2,1-3H3. The van der Waals surface area contributed by atoms with E-state index in [1.54, 1.807) is 12.5 Å². The number of rotatable bonds is 5. The van der Waals surface area contributed by atoms with Crippen LogP contribution in [0.3, 0.4) is 0 Å². The Morgan fingerprint density at radius 2 is 2.11 bits per heavy atom. The van der Waals surface area contributed by atoms with Gasteiger partial charge in [0, 0.05) is 14.7 Å². The van der Waals surface area contributed by atoms with Gasteiger partial charge in [0.25, 0.3) is 0 Å². The molecule has 0 fully saturated rings. The summed E-state index contributed by atoms with van der Waals surface area (Å²) in [5, 5.41) is 0. The highest BCUT2D eigenvalue weighted by molar-refractivity contribution is 6.76. The first-order valence-electron chi connectivity index (χ1n) is 6.10. The Labute approximate surface area is 108 Å². The molecule has 0 saturated carbocycles. The first kappa shape index (κ1) is 13.0. The van der Waals surface area contributed by atoms with Crippen LogP contribution in [0.2, 0.25) is 25.7 Å². The first-order valence-corrected chi connectivity index (χ1v) is 9.80. The third-order valence-electron chi connectivity index (χ3n) is 2.70. The lowest BCUT2D eigenvalue weighted by molar-refractivity contribution is 0.0895. The molecule has 2 rings (SSSR count). The highest BCUT2D eigenvalue weighted by Gasteiger charge is 2.12. The summed E-state index contributed by atoms with van der Waals surface area (Å²) in [4.78, 5) is 8.53. The van der Waals surface area contributed by atoms with Gasteiger partial charge in [-0.3, -0.25) is 4.57 Å². The molecular formula is C12H20N4OSi. The van der Waals surface area contributed by atoms with Gasteiger partial charge in [0.05, 0.1) is 18.2 Å². The molecule has 6 heteroatoms. The van der Waals surface area contributed by atoms with Crippen LogP contribution in [0.1, 0.15) is 0 Å². The number of ether oxygens (including phenoxy) is 1. The highest BCUT2D eigenvalue weighted by Crippen LogP contribution is 2.13. The molecule has 18 heavy (non-hydrogen) atoms. The Kier molecular flexibility index (Phi) is 3.67. The molecule has 0 bridgehead atoms. The maximum Gasteiger partial charge on any atom is 0.161 e. The third kappa shape index (κ3) is 3.30. The van der Waals surface area contributed by atoms with Gasteiger partial charge in [-0.2, -0.15) is 0 Å². The van der Waals surface area contributed by atoms with Crippen molar-refractivity contribution in [2.75, 3.05) is 12.3 Å². The number of nitrogens with zero attached hydrogens (tertiary/aromatic N) is 3. The van der Waals surface area contributed by atoms with Crippen LogP contribution in [0.25, 0.3) is 11.2 Å². The molecule has 0 aliphatic rings. The normalized spacial score (nSPS) is 12.2. The number of nitrogen functional groups attached to an aromatic ring is 1. The van der Waals surface area contributed by atoms with Crippen molar-refractivity contribution in [1.29, 1.82) is 0 Å². The van der Waals surface area contributed by atoms with Gasteiger partial charge in [-0.05, 0) is 12.1 Å². The van der Waals surface area contributed by atoms with Gasteiger partial charge in [0.2, 0.25) is 0 Å². The monoisotopic (exact) mass is 264 g/mol. The van der Waals surface area contributed by atoms with Gasteiger partial charge in [-0.25, -0.2) is 9.97 Å². The van der Waals surface area contributed by atoms with Crippen molar-refractivity contribution < 1.29 is 4.74 Å². The van der Waals surface area contributed by atoms with Crippen LogP contribution in [-0.4, -0.2) is 29.2 Å². The van der Waals surface area contributed by atoms with Crippen LogP contribution >= 0.6 is 0 Å². The Bertz CT molecular complexity index is 532. The molecular weight excluding hydrogens is 244 g/mol. The minimum absolute atomic E-state index is 0.498. The van der Waals surface area contributed by atoms with E-state index in [2.05, 4.69) is 29.6 Å². The molecule has 0 atom stereocenters. The summed E-state index contributed by atoms with van der Waals surface area (Å²) in [5.74, 6) is 0. The van der Waals surface area contributed by atoms with E-state index in [1.807, 2.05) is 10.6 Å². The summed E-state index contributed by atoms with van der Waals surface area (Å²) in [5.41, 5.74) is 7.92. The molecule has 0 unspecified atom stereocenters. The Morgan fingerprint density at radius 1 is 1.33 bits per heavy atom. The quantitative estimate of drug-likeness (QED) is 0.665. The Hall–Kier alpha value is -1.40. The summed E-state index contributed by atoms with van der Waals surface area (Å²) < 4.78 is 7.58. The zero-order chi connectivity index (χ0) is 13.2. The number of aromatic nitrogens is 3. The SMILES string of the molecule is C[Si](C)(C)CCOCn1cnc2cc(N)cnc21. The zero-order valence-corrected chi connectivity index (χ0v) is 12.2. The lowest BCUT2D eigenvalue weighted by atomic mass is 10.4. The van der Waals surface area contributed by atoms with Gasteiger partial charge >= 0.3 is 0 Å². The summed E-state index contributed by atoms with van der Waals surface area (Å²) in [7, 11) is -1.02. The number of nitrogens with two attached hydrogens (primary N) is 1. The first-order chi connectivity index (χ1) is 8.46.